The van der Waals surface area contributed by atoms with Crippen molar-refractivity contribution in [2.75, 3.05) is 10.6 Å². The fraction of sp³-hybridized carbons (Fsp3) is 0.118. The lowest BCUT2D eigenvalue weighted by Crippen LogP contribution is -2.22. The van der Waals surface area contributed by atoms with Gasteiger partial charge in [-0.3, -0.25) is 9.78 Å². The topological polar surface area (TPSA) is 66.9 Å². The average molecular weight is 322 g/mol. The van der Waals surface area contributed by atoms with Gasteiger partial charge in [-0.1, -0.05) is 35.6 Å². The fourth-order valence-corrected chi connectivity index (χ4v) is 3.74. The third kappa shape index (κ3) is 2.80. The molecule has 0 fully saturated rings. The second-order valence-corrected chi connectivity index (χ2v) is 6.34. The standard InChI is InChI=1S/C17H14N4OS/c22-14-9-13(11-5-4-8-18-10-11)15-16(20-14)21-17(23-15)19-12-6-2-1-3-7-12/h1-8,10,13H,9H2,(H,19,21)(H,20,22)/t13-/m0/s1. The molecule has 23 heavy (non-hydrogen) atoms. The summed E-state index contributed by atoms with van der Waals surface area (Å²) in [5, 5.41) is 6.93. The summed E-state index contributed by atoms with van der Waals surface area (Å²) < 4.78 is 0. The predicted octanol–water partition coefficient (Wildman–Crippen LogP) is 3.76. The van der Waals surface area contributed by atoms with E-state index in [0.29, 0.717) is 12.2 Å². The van der Waals surface area contributed by atoms with Crippen molar-refractivity contribution < 1.29 is 4.79 Å². The summed E-state index contributed by atoms with van der Waals surface area (Å²) in [7, 11) is 0. The van der Waals surface area contributed by atoms with Gasteiger partial charge in [0.1, 0.15) is 5.82 Å². The van der Waals surface area contributed by atoms with E-state index in [-0.39, 0.29) is 11.8 Å². The van der Waals surface area contributed by atoms with E-state index in [1.54, 1.807) is 17.5 Å². The lowest BCUT2D eigenvalue weighted by molar-refractivity contribution is -0.116. The Morgan fingerprint density at radius 1 is 1.17 bits per heavy atom. The van der Waals surface area contributed by atoms with Gasteiger partial charge >= 0.3 is 0 Å². The van der Waals surface area contributed by atoms with Gasteiger partial charge in [-0.05, 0) is 23.8 Å². The zero-order valence-electron chi connectivity index (χ0n) is 12.2. The van der Waals surface area contributed by atoms with E-state index in [9.17, 15) is 4.79 Å². The number of aromatic nitrogens is 2. The minimum Gasteiger partial charge on any atom is -0.331 e. The first-order chi connectivity index (χ1) is 11.3. The van der Waals surface area contributed by atoms with Crippen molar-refractivity contribution in [1.82, 2.24) is 9.97 Å². The smallest absolute Gasteiger partial charge is 0.226 e. The van der Waals surface area contributed by atoms with Crippen LogP contribution in [0.15, 0.2) is 54.9 Å². The molecule has 0 radical (unpaired) electrons. The van der Waals surface area contributed by atoms with Crippen molar-refractivity contribution in [1.29, 1.82) is 0 Å². The fourth-order valence-electron chi connectivity index (χ4n) is 2.67. The summed E-state index contributed by atoms with van der Waals surface area (Å²) in [6, 6.07) is 13.8. The molecule has 114 valence electrons. The van der Waals surface area contributed by atoms with Gasteiger partial charge in [0.2, 0.25) is 5.91 Å². The van der Waals surface area contributed by atoms with Crippen LogP contribution in [-0.4, -0.2) is 15.9 Å². The number of amides is 1. The van der Waals surface area contributed by atoms with Crippen molar-refractivity contribution in [2.24, 2.45) is 0 Å². The first-order valence-electron chi connectivity index (χ1n) is 7.32. The van der Waals surface area contributed by atoms with Gasteiger partial charge in [0.15, 0.2) is 5.13 Å². The largest absolute Gasteiger partial charge is 0.331 e. The van der Waals surface area contributed by atoms with Crippen LogP contribution in [0, 0.1) is 0 Å². The number of thiazole rings is 1. The monoisotopic (exact) mass is 322 g/mol. The molecule has 1 aliphatic heterocycles. The van der Waals surface area contributed by atoms with E-state index in [1.165, 1.54) is 0 Å². The maximum atomic E-state index is 12.0. The molecule has 2 aromatic heterocycles. The molecule has 3 aromatic rings. The molecule has 1 aliphatic rings. The molecule has 2 N–H and O–H groups in total. The van der Waals surface area contributed by atoms with E-state index in [2.05, 4.69) is 20.6 Å². The molecule has 0 saturated carbocycles. The number of para-hydroxylation sites is 1. The molecule has 1 atom stereocenters. The number of nitrogens with zero attached hydrogens (tertiary/aromatic N) is 2. The Morgan fingerprint density at radius 2 is 2.04 bits per heavy atom. The lowest BCUT2D eigenvalue weighted by Gasteiger charge is -2.21. The number of carbonyl (C=O) groups is 1. The number of benzene rings is 1. The first kappa shape index (κ1) is 13.9. The van der Waals surface area contributed by atoms with Crippen molar-refractivity contribution in [3.8, 4) is 0 Å². The Labute approximate surface area is 137 Å². The zero-order chi connectivity index (χ0) is 15.6. The molecule has 0 unspecified atom stereocenters. The van der Waals surface area contributed by atoms with Gasteiger partial charge in [-0.2, -0.15) is 0 Å². The van der Waals surface area contributed by atoms with E-state index in [1.807, 2.05) is 48.7 Å². The van der Waals surface area contributed by atoms with Gasteiger partial charge in [0.05, 0.1) is 4.88 Å². The predicted molar refractivity (Wildman–Crippen MR) is 91.2 cm³/mol. The molecule has 0 bridgehead atoms. The molecule has 3 heterocycles. The van der Waals surface area contributed by atoms with Crippen molar-refractivity contribution in [2.45, 2.75) is 12.3 Å². The van der Waals surface area contributed by atoms with Crippen LogP contribution in [0.2, 0.25) is 0 Å². The van der Waals surface area contributed by atoms with Crippen LogP contribution in [0.5, 0.6) is 0 Å². The summed E-state index contributed by atoms with van der Waals surface area (Å²) in [5.41, 5.74) is 2.02. The Kier molecular flexibility index (Phi) is 3.51. The maximum Gasteiger partial charge on any atom is 0.226 e. The Hall–Kier alpha value is -2.73. The van der Waals surface area contributed by atoms with Gasteiger partial charge in [0.25, 0.3) is 0 Å². The second kappa shape index (κ2) is 5.81. The Morgan fingerprint density at radius 3 is 2.83 bits per heavy atom. The number of carbonyl (C=O) groups excluding carboxylic acids is 1. The first-order valence-corrected chi connectivity index (χ1v) is 8.14. The Bertz CT molecular complexity index is 832. The summed E-state index contributed by atoms with van der Waals surface area (Å²) in [4.78, 5) is 21.8. The molecule has 0 saturated heterocycles. The van der Waals surface area contributed by atoms with E-state index >= 15 is 0 Å². The number of nitrogens with one attached hydrogen (secondary N) is 2. The molecule has 0 spiro atoms. The van der Waals surface area contributed by atoms with Crippen LogP contribution in [0.3, 0.4) is 0 Å². The summed E-state index contributed by atoms with van der Waals surface area (Å²) in [5.74, 6) is 0.651. The molecule has 6 heteroatoms. The highest BCUT2D eigenvalue weighted by Crippen LogP contribution is 2.42. The van der Waals surface area contributed by atoms with Gasteiger partial charge in [0, 0.05) is 30.4 Å². The van der Waals surface area contributed by atoms with Crippen LogP contribution < -0.4 is 10.6 Å². The third-order valence-electron chi connectivity index (χ3n) is 3.73. The number of rotatable bonds is 3. The average Bonchev–Trinajstić information content (AvgIpc) is 2.98. The van der Waals surface area contributed by atoms with E-state index in [4.69, 9.17) is 0 Å². The van der Waals surface area contributed by atoms with Gasteiger partial charge < -0.3 is 10.6 Å². The van der Waals surface area contributed by atoms with Crippen LogP contribution in [0.1, 0.15) is 22.8 Å². The summed E-state index contributed by atoms with van der Waals surface area (Å²) in [6.45, 7) is 0. The SMILES string of the molecule is O=C1C[C@@H](c2cccnc2)c2sc(Nc3ccccc3)nc2N1. The highest BCUT2D eigenvalue weighted by molar-refractivity contribution is 7.16. The highest BCUT2D eigenvalue weighted by Gasteiger charge is 2.30. The van der Waals surface area contributed by atoms with Crippen LogP contribution in [0.25, 0.3) is 0 Å². The van der Waals surface area contributed by atoms with Crippen LogP contribution in [-0.2, 0) is 4.79 Å². The molecular formula is C17H14N4OS. The van der Waals surface area contributed by atoms with E-state index < -0.39 is 0 Å². The highest BCUT2D eigenvalue weighted by atomic mass is 32.1. The molecule has 5 nitrogen and oxygen atoms in total. The Balaban J connectivity index is 1.69. The molecule has 0 aliphatic carbocycles. The van der Waals surface area contributed by atoms with Gasteiger partial charge in [-0.25, -0.2) is 4.98 Å². The quantitative estimate of drug-likeness (QED) is 0.770. The number of pyridine rings is 1. The second-order valence-electron chi connectivity index (χ2n) is 5.31. The molecule has 1 amide bonds. The van der Waals surface area contributed by atoms with E-state index in [0.717, 1.165) is 21.3 Å². The third-order valence-corrected chi connectivity index (χ3v) is 4.81. The molecule has 4 rings (SSSR count). The summed E-state index contributed by atoms with van der Waals surface area (Å²) in [6.07, 6.45) is 3.98. The lowest BCUT2D eigenvalue weighted by atomic mass is 9.93. The maximum absolute atomic E-state index is 12.0. The molecular weight excluding hydrogens is 308 g/mol. The van der Waals surface area contributed by atoms with Gasteiger partial charge in [-0.15, -0.1) is 0 Å². The number of hydrogen-bond acceptors (Lipinski definition) is 5. The zero-order valence-corrected chi connectivity index (χ0v) is 13.0. The van der Waals surface area contributed by atoms with Crippen molar-refractivity contribution in [3.63, 3.8) is 0 Å². The number of anilines is 3. The van der Waals surface area contributed by atoms with Crippen molar-refractivity contribution in [3.05, 3.63) is 65.3 Å². The minimum atomic E-state index is -0.0112. The molecule has 1 aromatic carbocycles. The normalized spacial score (nSPS) is 16.5. The van der Waals surface area contributed by atoms with Crippen molar-refractivity contribution >= 4 is 33.9 Å². The minimum absolute atomic E-state index is 0.0104. The number of fused-ring (bicyclic) bond motifs is 1. The summed E-state index contributed by atoms with van der Waals surface area (Å²) >= 11 is 1.57. The number of hydrogen-bond donors (Lipinski definition) is 2. The van der Waals surface area contributed by atoms with Crippen LogP contribution >= 0.6 is 11.3 Å². The van der Waals surface area contributed by atoms with Crippen LogP contribution in [0.4, 0.5) is 16.6 Å².